The monoisotopic (exact) mass is 192 g/mol. The van der Waals surface area contributed by atoms with Crippen LogP contribution in [0.1, 0.15) is 31.0 Å². The van der Waals surface area contributed by atoms with Crippen LogP contribution in [0.2, 0.25) is 0 Å². The van der Waals surface area contributed by atoms with Crippen LogP contribution in [0.4, 0.5) is 4.39 Å². The number of rotatable bonds is 1. The first-order valence-corrected chi connectivity index (χ1v) is 4.72. The first kappa shape index (κ1) is 9.19. The van der Waals surface area contributed by atoms with Gasteiger partial charge in [0.25, 0.3) is 0 Å². The van der Waals surface area contributed by atoms with Crippen molar-refractivity contribution in [2.45, 2.75) is 26.7 Å². The first-order valence-electron chi connectivity index (χ1n) is 4.72. The van der Waals surface area contributed by atoms with Crippen LogP contribution >= 0.6 is 0 Å². The highest BCUT2D eigenvalue weighted by atomic mass is 19.1. The zero-order valence-electron chi connectivity index (χ0n) is 8.58. The van der Waals surface area contributed by atoms with Gasteiger partial charge in [0, 0.05) is 12.4 Å². The van der Waals surface area contributed by atoms with Gasteiger partial charge in [-0.1, -0.05) is 13.8 Å². The van der Waals surface area contributed by atoms with Crippen LogP contribution in [0.5, 0.6) is 0 Å². The van der Waals surface area contributed by atoms with Gasteiger partial charge >= 0.3 is 0 Å². The summed E-state index contributed by atoms with van der Waals surface area (Å²) in [6, 6.07) is 1.56. The molecule has 2 aromatic rings. The largest absolute Gasteiger partial charge is 0.304 e. The molecule has 0 aliphatic rings. The van der Waals surface area contributed by atoms with Crippen LogP contribution in [0.15, 0.2) is 18.5 Å². The molecule has 14 heavy (non-hydrogen) atoms. The molecule has 2 heterocycles. The molecule has 0 fully saturated rings. The van der Waals surface area contributed by atoms with Crippen LogP contribution in [-0.2, 0) is 0 Å². The van der Waals surface area contributed by atoms with E-state index in [1.54, 1.807) is 10.5 Å². The summed E-state index contributed by atoms with van der Waals surface area (Å²) >= 11 is 0. The fourth-order valence-electron chi connectivity index (χ4n) is 1.52. The minimum Gasteiger partial charge on any atom is -0.304 e. The van der Waals surface area contributed by atoms with Crippen molar-refractivity contribution < 1.29 is 4.39 Å². The van der Waals surface area contributed by atoms with Crippen LogP contribution in [0, 0.1) is 12.7 Å². The number of aromatic nitrogens is 2. The number of fused-ring (bicyclic) bond motifs is 1. The fraction of sp³-hybridized carbons (Fsp3) is 0.364. The molecule has 74 valence electrons. The van der Waals surface area contributed by atoms with Crippen molar-refractivity contribution >= 4 is 5.65 Å². The Labute approximate surface area is 82.4 Å². The minimum atomic E-state index is -0.246. The van der Waals surface area contributed by atoms with Crippen LogP contribution in [-0.4, -0.2) is 9.38 Å². The molecule has 0 saturated heterocycles. The second-order valence-corrected chi connectivity index (χ2v) is 3.89. The molecule has 0 atom stereocenters. The van der Waals surface area contributed by atoms with Crippen molar-refractivity contribution in [3.05, 3.63) is 35.5 Å². The summed E-state index contributed by atoms with van der Waals surface area (Å²) in [5, 5.41) is 0. The van der Waals surface area contributed by atoms with Crippen molar-refractivity contribution in [1.82, 2.24) is 9.38 Å². The summed E-state index contributed by atoms with van der Waals surface area (Å²) in [5.41, 5.74) is 2.24. The third-order valence-corrected chi connectivity index (χ3v) is 2.31. The third kappa shape index (κ3) is 1.39. The van der Waals surface area contributed by atoms with Crippen LogP contribution in [0.3, 0.4) is 0 Å². The Morgan fingerprint density at radius 3 is 2.71 bits per heavy atom. The Hall–Kier alpha value is -1.38. The number of hydrogen-bond donors (Lipinski definition) is 0. The first-order chi connectivity index (χ1) is 6.58. The van der Waals surface area contributed by atoms with Crippen molar-refractivity contribution in [3.8, 4) is 0 Å². The van der Waals surface area contributed by atoms with Gasteiger partial charge in [-0.25, -0.2) is 9.37 Å². The predicted octanol–water partition coefficient (Wildman–Crippen LogP) is 2.91. The van der Waals surface area contributed by atoms with Crippen molar-refractivity contribution in [1.29, 1.82) is 0 Å². The molecular weight excluding hydrogens is 179 g/mol. The van der Waals surface area contributed by atoms with Gasteiger partial charge in [0.15, 0.2) is 11.5 Å². The molecule has 0 spiro atoms. The van der Waals surface area contributed by atoms with E-state index >= 15 is 0 Å². The van der Waals surface area contributed by atoms with Gasteiger partial charge in [-0.2, -0.15) is 0 Å². The summed E-state index contributed by atoms with van der Waals surface area (Å²) < 4.78 is 15.3. The number of imidazole rings is 1. The molecule has 0 unspecified atom stereocenters. The Kier molecular flexibility index (Phi) is 2.02. The number of pyridine rings is 1. The van der Waals surface area contributed by atoms with Gasteiger partial charge < -0.3 is 4.40 Å². The standard InChI is InChI=1S/C11H13FN2/c1-7(2)9-4-10(12)11-13-8(3)5-14(11)6-9/h4-7H,1-3H3. The minimum absolute atomic E-state index is 0.246. The Bertz CT molecular complexity index is 471. The highest BCUT2D eigenvalue weighted by Crippen LogP contribution is 2.18. The van der Waals surface area contributed by atoms with Gasteiger partial charge in [-0.3, -0.25) is 0 Å². The topological polar surface area (TPSA) is 17.3 Å². The maximum atomic E-state index is 13.5. The zero-order valence-corrected chi connectivity index (χ0v) is 8.58. The van der Waals surface area contributed by atoms with E-state index in [0.29, 0.717) is 11.6 Å². The predicted molar refractivity (Wildman–Crippen MR) is 54.0 cm³/mol. The molecule has 0 N–H and O–H groups in total. The third-order valence-electron chi connectivity index (χ3n) is 2.31. The van der Waals surface area contributed by atoms with Gasteiger partial charge in [-0.15, -0.1) is 0 Å². The van der Waals surface area contributed by atoms with Gasteiger partial charge in [0.2, 0.25) is 0 Å². The number of halogens is 1. The molecular formula is C11H13FN2. The molecule has 2 aromatic heterocycles. The number of nitrogens with zero attached hydrogens (tertiary/aromatic N) is 2. The molecule has 0 radical (unpaired) electrons. The number of aryl methyl sites for hydroxylation is 1. The van der Waals surface area contributed by atoms with E-state index < -0.39 is 0 Å². The lowest BCUT2D eigenvalue weighted by atomic mass is 10.1. The maximum absolute atomic E-state index is 13.5. The average molecular weight is 192 g/mol. The molecule has 0 aromatic carbocycles. The second-order valence-electron chi connectivity index (χ2n) is 3.89. The maximum Gasteiger partial charge on any atom is 0.173 e. The van der Waals surface area contributed by atoms with E-state index in [1.165, 1.54) is 0 Å². The highest BCUT2D eigenvalue weighted by molar-refractivity contribution is 5.43. The molecule has 0 saturated carbocycles. The summed E-state index contributed by atoms with van der Waals surface area (Å²) in [5.74, 6) is 0.0842. The SMILES string of the molecule is Cc1cn2cc(C(C)C)cc(F)c2n1. The Morgan fingerprint density at radius 1 is 1.36 bits per heavy atom. The molecule has 0 aliphatic carbocycles. The molecule has 2 nitrogen and oxygen atoms in total. The van der Waals surface area contributed by atoms with Gasteiger partial charge in [-0.05, 0) is 24.5 Å². The summed E-state index contributed by atoms with van der Waals surface area (Å²) in [7, 11) is 0. The van der Waals surface area contributed by atoms with Gasteiger partial charge in [0.05, 0.1) is 5.69 Å². The van der Waals surface area contributed by atoms with E-state index in [1.807, 2.05) is 33.2 Å². The molecule has 0 bridgehead atoms. The molecule has 0 amide bonds. The fourth-order valence-corrected chi connectivity index (χ4v) is 1.52. The Morgan fingerprint density at radius 2 is 2.07 bits per heavy atom. The number of hydrogen-bond acceptors (Lipinski definition) is 1. The lowest BCUT2D eigenvalue weighted by Crippen LogP contribution is -1.95. The highest BCUT2D eigenvalue weighted by Gasteiger charge is 2.08. The summed E-state index contributed by atoms with van der Waals surface area (Å²) in [4.78, 5) is 4.10. The average Bonchev–Trinajstić information content (AvgIpc) is 2.45. The molecule has 2 rings (SSSR count). The van der Waals surface area contributed by atoms with E-state index in [4.69, 9.17) is 0 Å². The van der Waals surface area contributed by atoms with Crippen LogP contribution in [0.25, 0.3) is 5.65 Å². The smallest absolute Gasteiger partial charge is 0.173 e. The van der Waals surface area contributed by atoms with E-state index in [0.717, 1.165) is 11.3 Å². The van der Waals surface area contributed by atoms with Crippen molar-refractivity contribution in [2.24, 2.45) is 0 Å². The van der Waals surface area contributed by atoms with E-state index in [2.05, 4.69) is 4.98 Å². The van der Waals surface area contributed by atoms with E-state index in [-0.39, 0.29) is 5.82 Å². The van der Waals surface area contributed by atoms with E-state index in [9.17, 15) is 4.39 Å². The normalized spacial score (nSPS) is 11.5. The lowest BCUT2D eigenvalue weighted by molar-refractivity contribution is 0.624. The van der Waals surface area contributed by atoms with Gasteiger partial charge in [0.1, 0.15) is 0 Å². The summed E-state index contributed by atoms with van der Waals surface area (Å²) in [6.45, 7) is 5.95. The zero-order chi connectivity index (χ0) is 10.3. The van der Waals surface area contributed by atoms with Crippen LogP contribution < -0.4 is 0 Å². The van der Waals surface area contributed by atoms with Crippen molar-refractivity contribution in [2.75, 3.05) is 0 Å². The molecule has 3 heteroatoms. The lowest BCUT2D eigenvalue weighted by Gasteiger charge is -2.06. The summed E-state index contributed by atoms with van der Waals surface area (Å²) in [6.07, 6.45) is 3.77. The second kappa shape index (κ2) is 3.08. The quantitative estimate of drug-likeness (QED) is 0.679. The molecule has 0 aliphatic heterocycles. The van der Waals surface area contributed by atoms with Crippen molar-refractivity contribution in [3.63, 3.8) is 0 Å². The Balaban J connectivity index is 2.71.